The second-order valence-corrected chi connectivity index (χ2v) is 6.78. The van der Waals surface area contributed by atoms with Gasteiger partial charge in [0.05, 0.1) is 34.2 Å². The summed E-state index contributed by atoms with van der Waals surface area (Å²) >= 11 is 0. The molecule has 0 saturated carbocycles. The van der Waals surface area contributed by atoms with E-state index in [1.165, 1.54) is 0 Å². The van der Waals surface area contributed by atoms with Crippen molar-refractivity contribution in [2.45, 2.75) is 38.9 Å². The Morgan fingerprint density at radius 3 is 2.12 bits per heavy atom. The van der Waals surface area contributed by atoms with Crippen LogP contribution < -0.4 is 5.32 Å². The summed E-state index contributed by atoms with van der Waals surface area (Å²) in [5.74, 6) is 0.797. The zero-order valence-corrected chi connectivity index (χ0v) is 12.2. The van der Waals surface area contributed by atoms with Gasteiger partial charge >= 0.3 is 0 Å². The van der Waals surface area contributed by atoms with E-state index in [2.05, 4.69) is 31.5 Å². The molecule has 0 aromatic rings. The highest BCUT2D eigenvalue weighted by Gasteiger charge is 2.50. The quantitative estimate of drug-likeness (QED) is 0.746. The van der Waals surface area contributed by atoms with Gasteiger partial charge in [-0.15, -0.1) is 10.3 Å². The van der Waals surface area contributed by atoms with Crippen molar-refractivity contribution in [2.24, 2.45) is 4.99 Å². The molecule has 1 radical (unpaired) electrons. The van der Waals surface area contributed by atoms with Crippen LogP contribution in [0, 0.1) is 0 Å². The third-order valence-corrected chi connectivity index (χ3v) is 3.06. The topological polar surface area (TPSA) is 47.5 Å². The highest BCUT2D eigenvalue weighted by atomic mass is 16.5. The van der Waals surface area contributed by atoms with E-state index in [9.17, 15) is 5.21 Å². The van der Waals surface area contributed by atoms with Crippen LogP contribution in [-0.4, -0.2) is 60.8 Å². The lowest BCUT2D eigenvalue weighted by atomic mass is 10.1. The molecule has 1 aliphatic rings. The van der Waals surface area contributed by atoms with Crippen LogP contribution in [0.4, 0.5) is 0 Å². The van der Waals surface area contributed by atoms with Crippen LogP contribution in [-0.2, 0) is 5.21 Å². The van der Waals surface area contributed by atoms with Crippen molar-refractivity contribution in [3.63, 3.8) is 0 Å². The fraction of sp³-hybridized carbons (Fsp3) is 0.917. The van der Waals surface area contributed by atoms with Crippen molar-refractivity contribution < 1.29 is 9.69 Å². The average Bonchev–Trinajstić information content (AvgIpc) is 2.25. The lowest BCUT2D eigenvalue weighted by Gasteiger charge is -2.28. The van der Waals surface area contributed by atoms with Gasteiger partial charge in [-0.05, 0) is 27.7 Å². The molecule has 0 aliphatic carbocycles. The Labute approximate surface area is 105 Å². The molecule has 17 heavy (non-hydrogen) atoms. The van der Waals surface area contributed by atoms with Crippen LogP contribution in [0.5, 0.6) is 0 Å². The molecular formula is C12H26N4O+. The maximum atomic E-state index is 12.1. The summed E-state index contributed by atoms with van der Waals surface area (Å²) in [6.45, 7) is 9.27. The number of hydrogen-bond donors (Lipinski definition) is 1. The number of nitrogens with one attached hydrogen (secondary N) is 1. The number of quaternary nitrogens is 1. The molecule has 1 N–H and O–H groups in total. The van der Waals surface area contributed by atoms with Gasteiger partial charge in [-0.3, -0.25) is 4.99 Å². The Bertz CT molecular complexity index is 315. The minimum Gasteiger partial charge on any atom is -0.353 e. The summed E-state index contributed by atoms with van der Waals surface area (Å²) in [5.41, 5.74) is -1.13. The Morgan fingerprint density at radius 2 is 1.76 bits per heavy atom. The lowest BCUT2D eigenvalue weighted by molar-refractivity contribution is -0.868. The Kier molecular flexibility index (Phi) is 3.58. The van der Waals surface area contributed by atoms with Crippen LogP contribution in [0.2, 0.25) is 0 Å². The van der Waals surface area contributed by atoms with E-state index in [0.717, 1.165) is 28.5 Å². The first-order valence-electron chi connectivity index (χ1n) is 6.08. The van der Waals surface area contributed by atoms with Crippen molar-refractivity contribution in [1.29, 1.82) is 0 Å². The summed E-state index contributed by atoms with van der Waals surface area (Å²) in [4.78, 5) is 4.56. The van der Waals surface area contributed by atoms with Crippen LogP contribution in [0.15, 0.2) is 4.99 Å². The molecule has 1 heterocycles. The van der Waals surface area contributed by atoms with Gasteiger partial charge in [0.2, 0.25) is 0 Å². The molecule has 0 aromatic carbocycles. The van der Waals surface area contributed by atoms with Crippen molar-refractivity contribution in [1.82, 2.24) is 10.4 Å². The first-order chi connectivity index (χ1) is 7.47. The second-order valence-electron chi connectivity index (χ2n) is 6.78. The predicted molar refractivity (Wildman–Crippen MR) is 69.0 cm³/mol. The summed E-state index contributed by atoms with van der Waals surface area (Å²) in [6.07, 6.45) is 0. The Balaban J connectivity index is 2.76. The first-order valence-corrected chi connectivity index (χ1v) is 6.08. The molecule has 1 fully saturated rings. The minimum atomic E-state index is -0.571. The van der Waals surface area contributed by atoms with Gasteiger partial charge < -0.3 is 9.80 Å². The van der Waals surface area contributed by atoms with E-state index in [1.54, 1.807) is 0 Å². The zero-order chi connectivity index (χ0) is 13.5. The molecule has 5 nitrogen and oxygen atoms in total. The molecule has 0 amide bonds. The highest BCUT2D eigenvalue weighted by Crippen LogP contribution is 2.29. The number of hydrogen-bond acceptors (Lipinski definition) is 2. The molecule has 0 atom stereocenters. The lowest BCUT2D eigenvalue weighted by Crippen LogP contribution is -2.48. The van der Waals surface area contributed by atoms with Gasteiger partial charge in [0.15, 0.2) is 0 Å². The molecule has 0 unspecified atom stereocenters. The fourth-order valence-corrected chi connectivity index (χ4v) is 1.98. The molecule has 5 heteroatoms. The SMILES string of the molecule is CC1(C)NC(=NCC[N+](C)(C)C)C(C)(C)N1[O]. The first kappa shape index (κ1) is 14.4. The number of rotatable bonds is 3. The standard InChI is InChI=1S/C12H26N4O/c1-11(2)10(13-8-9-16(5,6)7)14-12(3,4)15(11)17/h8-9H2,1-7H3,(H,13,14)/q+1. The summed E-state index contributed by atoms with van der Waals surface area (Å²) in [5, 5.41) is 16.4. The largest absolute Gasteiger partial charge is 0.353 e. The predicted octanol–water partition coefficient (Wildman–Crippen LogP) is 0.857. The van der Waals surface area contributed by atoms with Gasteiger partial charge in [0.25, 0.3) is 0 Å². The number of aliphatic imine (C=N–C) groups is 1. The third-order valence-electron chi connectivity index (χ3n) is 3.06. The van der Waals surface area contributed by atoms with E-state index in [-0.39, 0.29) is 0 Å². The summed E-state index contributed by atoms with van der Waals surface area (Å²) in [6, 6.07) is 0. The van der Waals surface area contributed by atoms with Crippen molar-refractivity contribution in [3.8, 4) is 0 Å². The monoisotopic (exact) mass is 242 g/mol. The maximum absolute atomic E-state index is 12.1. The molecule has 1 saturated heterocycles. The van der Waals surface area contributed by atoms with Gasteiger partial charge in [0, 0.05) is 0 Å². The van der Waals surface area contributed by atoms with Crippen molar-refractivity contribution in [2.75, 3.05) is 34.2 Å². The Morgan fingerprint density at radius 1 is 1.24 bits per heavy atom. The van der Waals surface area contributed by atoms with Crippen molar-refractivity contribution >= 4 is 5.84 Å². The molecular weight excluding hydrogens is 216 g/mol. The summed E-state index contributed by atoms with van der Waals surface area (Å²) in [7, 11) is 6.41. The fourth-order valence-electron chi connectivity index (χ4n) is 1.98. The maximum Gasteiger partial charge on any atom is 0.121 e. The van der Waals surface area contributed by atoms with E-state index >= 15 is 0 Å². The van der Waals surface area contributed by atoms with E-state index in [0.29, 0.717) is 0 Å². The molecule has 99 valence electrons. The Hall–Kier alpha value is -0.650. The van der Waals surface area contributed by atoms with Crippen LogP contribution in [0.1, 0.15) is 27.7 Å². The number of likely N-dealkylation sites (N-methyl/N-ethyl adjacent to an activating group) is 1. The molecule has 1 aliphatic heterocycles. The molecule has 0 aromatic heterocycles. The molecule has 0 spiro atoms. The average molecular weight is 242 g/mol. The molecule has 0 bridgehead atoms. The smallest absolute Gasteiger partial charge is 0.121 e. The highest BCUT2D eigenvalue weighted by molar-refractivity contribution is 5.93. The summed E-state index contributed by atoms with van der Waals surface area (Å²) < 4.78 is 0.877. The zero-order valence-electron chi connectivity index (χ0n) is 12.2. The van der Waals surface area contributed by atoms with E-state index < -0.39 is 11.2 Å². The van der Waals surface area contributed by atoms with Crippen LogP contribution in [0.3, 0.4) is 0 Å². The number of hydroxylamine groups is 2. The normalized spacial score (nSPS) is 26.2. The van der Waals surface area contributed by atoms with E-state index in [4.69, 9.17) is 0 Å². The van der Waals surface area contributed by atoms with Gasteiger partial charge in [-0.2, -0.15) is 0 Å². The van der Waals surface area contributed by atoms with E-state index in [1.807, 2.05) is 27.7 Å². The van der Waals surface area contributed by atoms with Crippen molar-refractivity contribution in [3.05, 3.63) is 0 Å². The van der Waals surface area contributed by atoms with Gasteiger partial charge in [-0.25, -0.2) is 0 Å². The van der Waals surface area contributed by atoms with Crippen LogP contribution >= 0.6 is 0 Å². The van der Waals surface area contributed by atoms with Crippen LogP contribution in [0.25, 0.3) is 0 Å². The third kappa shape index (κ3) is 3.18. The van der Waals surface area contributed by atoms with Gasteiger partial charge in [-0.1, -0.05) is 0 Å². The minimum absolute atomic E-state index is 0.561. The second kappa shape index (κ2) is 4.23. The molecule has 1 rings (SSSR count). The number of amidine groups is 1. The van der Waals surface area contributed by atoms with Gasteiger partial charge in [0.1, 0.15) is 17.0 Å². The number of nitrogens with zero attached hydrogens (tertiary/aromatic N) is 3.